The molecule has 0 radical (unpaired) electrons. The first-order valence-corrected chi connectivity index (χ1v) is 7.26. The van der Waals surface area contributed by atoms with Crippen LogP contribution in [0.4, 0.5) is 5.69 Å². The fourth-order valence-corrected chi connectivity index (χ4v) is 2.63. The number of ether oxygens (including phenoxy) is 1. The van der Waals surface area contributed by atoms with E-state index < -0.39 is 0 Å². The number of halogens is 1. The van der Waals surface area contributed by atoms with E-state index >= 15 is 0 Å². The van der Waals surface area contributed by atoms with Gasteiger partial charge in [-0.3, -0.25) is 0 Å². The molecular weight excluding hydrogens is 316 g/mol. The molecule has 2 aromatic carbocycles. The Morgan fingerprint density at radius 3 is 2.70 bits per heavy atom. The highest BCUT2D eigenvalue weighted by atomic mass is 79.9. The number of rotatable bonds is 5. The molecule has 0 atom stereocenters. The molecule has 2 N–H and O–H groups in total. The van der Waals surface area contributed by atoms with E-state index in [1.807, 2.05) is 18.2 Å². The van der Waals surface area contributed by atoms with Gasteiger partial charge in [-0.15, -0.1) is 0 Å². The van der Waals surface area contributed by atoms with Crippen molar-refractivity contribution in [1.82, 2.24) is 0 Å². The molecule has 0 saturated heterocycles. The summed E-state index contributed by atoms with van der Waals surface area (Å²) in [6, 6.07) is 14.3. The smallest absolute Gasteiger partial charge is 0.119 e. The SMILES string of the molecule is COc1cccc(CN(C)c2ccc(Br)cc2CN)c1. The van der Waals surface area contributed by atoms with E-state index in [-0.39, 0.29) is 0 Å². The molecule has 0 aromatic heterocycles. The maximum Gasteiger partial charge on any atom is 0.119 e. The minimum atomic E-state index is 0.525. The summed E-state index contributed by atoms with van der Waals surface area (Å²) in [6.45, 7) is 1.34. The van der Waals surface area contributed by atoms with Crippen LogP contribution in [0.3, 0.4) is 0 Å². The molecule has 0 aliphatic carbocycles. The van der Waals surface area contributed by atoms with E-state index in [1.54, 1.807) is 7.11 Å². The van der Waals surface area contributed by atoms with Crippen LogP contribution in [0.25, 0.3) is 0 Å². The van der Waals surface area contributed by atoms with Crippen molar-refractivity contribution in [3.63, 3.8) is 0 Å². The first-order valence-electron chi connectivity index (χ1n) is 6.46. The van der Waals surface area contributed by atoms with Crippen LogP contribution in [0.5, 0.6) is 5.75 Å². The van der Waals surface area contributed by atoms with E-state index in [0.717, 1.165) is 28.0 Å². The summed E-state index contributed by atoms with van der Waals surface area (Å²) in [5.41, 5.74) is 9.32. The second-order valence-corrected chi connectivity index (χ2v) is 5.60. The Kier molecular flexibility index (Phi) is 5.04. The minimum absolute atomic E-state index is 0.525. The number of benzene rings is 2. The molecule has 2 aromatic rings. The summed E-state index contributed by atoms with van der Waals surface area (Å²) < 4.78 is 6.31. The summed E-state index contributed by atoms with van der Waals surface area (Å²) in [5.74, 6) is 0.880. The summed E-state index contributed by atoms with van der Waals surface area (Å²) >= 11 is 3.48. The topological polar surface area (TPSA) is 38.5 Å². The summed E-state index contributed by atoms with van der Waals surface area (Å²) in [7, 11) is 3.76. The third-order valence-electron chi connectivity index (χ3n) is 3.23. The first-order chi connectivity index (χ1) is 9.63. The Labute approximate surface area is 128 Å². The third-order valence-corrected chi connectivity index (χ3v) is 3.72. The van der Waals surface area contributed by atoms with Gasteiger partial charge in [0, 0.05) is 30.3 Å². The highest BCUT2D eigenvalue weighted by molar-refractivity contribution is 9.10. The summed E-state index contributed by atoms with van der Waals surface area (Å²) in [5, 5.41) is 0. The molecule has 0 saturated carbocycles. The van der Waals surface area contributed by atoms with Gasteiger partial charge in [-0.25, -0.2) is 0 Å². The summed E-state index contributed by atoms with van der Waals surface area (Å²) in [4.78, 5) is 2.20. The van der Waals surface area contributed by atoms with Crippen LogP contribution in [0, 0.1) is 0 Å². The lowest BCUT2D eigenvalue weighted by molar-refractivity contribution is 0.414. The zero-order valence-electron chi connectivity index (χ0n) is 11.8. The Morgan fingerprint density at radius 1 is 1.20 bits per heavy atom. The van der Waals surface area contributed by atoms with Crippen molar-refractivity contribution in [2.45, 2.75) is 13.1 Å². The summed E-state index contributed by atoms with van der Waals surface area (Å²) in [6.07, 6.45) is 0. The van der Waals surface area contributed by atoms with Gasteiger partial charge in [0.2, 0.25) is 0 Å². The molecule has 4 heteroatoms. The Bertz CT molecular complexity index is 586. The molecule has 106 valence electrons. The molecule has 3 nitrogen and oxygen atoms in total. The van der Waals surface area contributed by atoms with E-state index in [9.17, 15) is 0 Å². The zero-order chi connectivity index (χ0) is 14.5. The van der Waals surface area contributed by atoms with Crippen LogP contribution in [0.1, 0.15) is 11.1 Å². The van der Waals surface area contributed by atoms with Gasteiger partial charge in [-0.2, -0.15) is 0 Å². The van der Waals surface area contributed by atoms with Crippen LogP contribution in [-0.2, 0) is 13.1 Å². The molecule has 0 fully saturated rings. The van der Waals surface area contributed by atoms with Crippen molar-refractivity contribution in [2.75, 3.05) is 19.1 Å². The molecule has 0 aliphatic rings. The molecule has 0 heterocycles. The second-order valence-electron chi connectivity index (χ2n) is 4.68. The normalized spacial score (nSPS) is 10.4. The van der Waals surface area contributed by atoms with E-state index in [2.05, 4.69) is 52.1 Å². The van der Waals surface area contributed by atoms with Gasteiger partial charge in [0.1, 0.15) is 5.75 Å². The fourth-order valence-electron chi connectivity index (χ4n) is 2.22. The van der Waals surface area contributed by atoms with Crippen LogP contribution in [0.2, 0.25) is 0 Å². The molecule has 0 bridgehead atoms. The van der Waals surface area contributed by atoms with Crippen molar-refractivity contribution < 1.29 is 4.74 Å². The van der Waals surface area contributed by atoms with Crippen molar-refractivity contribution in [1.29, 1.82) is 0 Å². The Morgan fingerprint density at radius 2 is 2.00 bits per heavy atom. The number of nitrogens with zero attached hydrogens (tertiary/aromatic N) is 1. The fraction of sp³-hybridized carbons (Fsp3) is 0.250. The predicted molar refractivity (Wildman–Crippen MR) is 87.1 cm³/mol. The maximum absolute atomic E-state index is 5.83. The number of hydrogen-bond acceptors (Lipinski definition) is 3. The lowest BCUT2D eigenvalue weighted by Crippen LogP contribution is -2.19. The highest BCUT2D eigenvalue weighted by Gasteiger charge is 2.08. The molecular formula is C16H19BrN2O. The quantitative estimate of drug-likeness (QED) is 0.908. The van der Waals surface area contributed by atoms with E-state index in [4.69, 9.17) is 10.5 Å². The van der Waals surface area contributed by atoms with Crippen LogP contribution in [-0.4, -0.2) is 14.2 Å². The zero-order valence-corrected chi connectivity index (χ0v) is 13.4. The van der Waals surface area contributed by atoms with Crippen molar-refractivity contribution >= 4 is 21.6 Å². The van der Waals surface area contributed by atoms with Crippen LogP contribution >= 0.6 is 15.9 Å². The van der Waals surface area contributed by atoms with E-state index in [0.29, 0.717) is 6.54 Å². The van der Waals surface area contributed by atoms with E-state index in [1.165, 1.54) is 5.56 Å². The lowest BCUT2D eigenvalue weighted by Gasteiger charge is -2.22. The van der Waals surface area contributed by atoms with Gasteiger partial charge in [0.05, 0.1) is 7.11 Å². The first kappa shape index (κ1) is 14.9. The lowest BCUT2D eigenvalue weighted by atomic mass is 10.1. The predicted octanol–water partition coefficient (Wildman–Crippen LogP) is 3.55. The third kappa shape index (κ3) is 3.52. The molecule has 0 amide bonds. The van der Waals surface area contributed by atoms with Crippen LogP contribution in [0.15, 0.2) is 46.9 Å². The van der Waals surface area contributed by atoms with Gasteiger partial charge < -0.3 is 15.4 Å². The standard InChI is InChI=1S/C16H19BrN2O/c1-19(11-12-4-3-5-15(8-12)20-2)16-7-6-14(17)9-13(16)10-18/h3-9H,10-11,18H2,1-2H3. The van der Waals surface area contributed by atoms with Gasteiger partial charge in [-0.05, 0) is 41.5 Å². The van der Waals surface area contributed by atoms with Gasteiger partial charge in [0.25, 0.3) is 0 Å². The average molecular weight is 335 g/mol. The maximum atomic E-state index is 5.83. The largest absolute Gasteiger partial charge is 0.497 e. The van der Waals surface area contributed by atoms with Crippen molar-refractivity contribution in [3.05, 3.63) is 58.1 Å². The molecule has 0 spiro atoms. The highest BCUT2D eigenvalue weighted by Crippen LogP contribution is 2.25. The number of methoxy groups -OCH3 is 1. The number of hydrogen-bond donors (Lipinski definition) is 1. The van der Waals surface area contributed by atoms with Crippen LogP contribution < -0.4 is 15.4 Å². The molecule has 0 aliphatic heterocycles. The Hall–Kier alpha value is -1.52. The van der Waals surface area contributed by atoms with Crippen molar-refractivity contribution in [2.24, 2.45) is 5.73 Å². The second kappa shape index (κ2) is 6.77. The Balaban J connectivity index is 2.21. The monoisotopic (exact) mass is 334 g/mol. The molecule has 2 rings (SSSR count). The number of anilines is 1. The minimum Gasteiger partial charge on any atom is -0.497 e. The number of nitrogens with two attached hydrogens (primary N) is 1. The van der Waals surface area contributed by atoms with Gasteiger partial charge >= 0.3 is 0 Å². The average Bonchev–Trinajstić information content (AvgIpc) is 2.47. The van der Waals surface area contributed by atoms with Crippen molar-refractivity contribution in [3.8, 4) is 5.75 Å². The molecule has 0 unspecified atom stereocenters. The van der Waals surface area contributed by atoms with Gasteiger partial charge in [-0.1, -0.05) is 28.1 Å². The van der Waals surface area contributed by atoms with Gasteiger partial charge in [0.15, 0.2) is 0 Å². The molecule has 20 heavy (non-hydrogen) atoms.